The van der Waals surface area contributed by atoms with Gasteiger partial charge in [-0.05, 0) is 25.0 Å². The molecule has 1 aliphatic heterocycles. The lowest BCUT2D eigenvalue weighted by atomic mass is 10.2. The van der Waals surface area contributed by atoms with E-state index in [1.807, 2.05) is 0 Å². The van der Waals surface area contributed by atoms with Gasteiger partial charge in [0.05, 0.1) is 13.2 Å². The Hall–Kier alpha value is -0.560. The Balaban J connectivity index is 2.63. The van der Waals surface area contributed by atoms with E-state index in [2.05, 4.69) is 26.0 Å². The van der Waals surface area contributed by atoms with E-state index in [1.54, 1.807) is 0 Å². The van der Waals surface area contributed by atoms with Gasteiger partial charge in [0.2, 0.25) is 0 Å². The second-order valence-corrected chi connectivity index (χ2v) is 2.52. The first kappa shape index (κ1) is 6.56. The van der Waals surface area contributed by atoms with Crippen LogP contribution in [0.5, 0.6) is 0 Å². The third kappa shape index (κ3) is 2.02. The van der Waals surface area contributed by atoms with Crippen molar-refractivity contribution in [3.63, 3.8) is 0 Å². The number of hydrogen-bond acceptors (Lipinski definition) is 1. The summed E-state index contributed by atoms with van der Waals surface area (Å²) in [7, 11) is 0. The van der Waals surface area contributed by atoms with Crippen molar-refractivity contribution in [3.05, 3.63) is 23.3 Å². The molecule has 1 nitrogen and oxygen atoms in total. The average Bonchev–Trinajstić information content (AvgIpc) is 1.97. The van der Waals surface area contributed by atoms with Crippen LogP contribution in [0.1, 0.15) is 13.8 Å². The summed E-state index contributed by atoms with van der Waals surface area (Å²) in [6.45, 7) is 5.73. The van der Waals surface area contributed by atoms with Gasteiger partial charge in [0.15, 0.2) is 0 Å². The second-order valence-electron chi connectivity index (χ2n) is 2.52. The van der Waals surface area contributed by atoms with Crippen LogP contribution >= 0.6 is 0 Å². The van der Waals surface area contributed by atoms with Crippen LogP contribution in [0, 0.1) is 0 Å². The highest BCUT2D eigenvalue weighted by Gasteiger charge is 1.95. The van der Waals surface area contributed by atoms with Crippen LogP contribution in [-0.2, 0) is 4.74 Å². The molecule has 1 rings (SSSR count). The standard InChI is InChI=1S/C8H12O/c1-7-3-4-8(2)6-9-5-7/h3-4H,5-6H2,1-2H3. The van der Waals surface area contributed by atoms with Crippen molar-refractivity contribution in [1.82, 2.24) is 0 Å². The Morgan fingerprint density at radius 1 is 1.11 bits per heavy atom. The van der Waals surface area contributed by atoms with Crippen molar-refractivity contribution in [2.45, 2.75) is 13.8 Å². The van der Waals surface area contributed by atoms with E-state index in [1.165, 1.54) is 11.1 Å². The zero-order chi connectivity index (χ0) is 6.69. The number of hydrogen-bond donors (Lipinski definition) is 0. The van der Waals surface area contributed by atoms with Crippen molar-refractivity contribution in [2.75, 3.05) is 13.2 Å². The van der Waals surface area contributed by atoms with E-state index in [4.69, 9.17) is 4.74 Å². The van der Waals surface area contributed by atoms with E-state index < -0.39 is 0 Å². The van der Waals surface area contributed by atoms with E-state index in [0.717, 1.165) is 13.2 Å². The van der Waals surface area contributed by atoms with Crippen molar-refractivity contribution in [3.8, 4) is 0 Å². The normalized spacial score (nSPS) is 20.2. The molecule has 0 unspecified atom stereocenters. The molecule has 0 fully saturated rings. The van der Waals surface area contributed by atoms with E-state index in [9.17, 15) is 0 Å². The molecule has 0 saturated heterocycles. The summed E-state index contributed by atoms with van der Waals surface area (Å²) in [5, 5.41) is 0. The molecule has 0 amide bonds. The predicted octanol–water partition coefficient (Wildman–Crippen LogP) is 1.91. The highest BCUT2D eigenvalue weighted by molar-refractivity contribution is 5.17. The maximum atomic E-state index is 5.28. The minimum absolute atomic E-state index is 0.786. The Bertz CT molecular complexity index is 136. The van der Waals surface area contributed by atoms with Crippen LogP contribution < -0.4 is 0 Å². The zero-order valence-corrected chi connectivity index (χ0v) is 5.98. The molecule has 0 aromatic carbocycles. The summed E-state index contributed by atoms with van der Waals surface area (Å²) >= 11 is 0. The van der Waals surface area contributed by atoms with Gasteiger partial charge in [0, 0.05) is 0 Å². The molecule has 0 atom stereocenters. The number of allylic oxidation sites excluding steroid dienone is 2. The minimum Gasteiger partial charge on any atom is -0.373 e. The highest BCUT2D eigenvalue weighted by atomic mass is 16.5. The molecule has 0 spiro atoms. The molecular weight excluding hydrogens is 112 g/mol. The Kier molecular flexibility index (Phi) is 2.06. The summed E-state index contributed by atoms with van der Waals surface area (Å²) in [5.74, 6) is 0. The summed E-state index contributed by atoms with van der Waals surface area (Å²) in [5.41, 5.74) is 2.60. The highest BCUT2D eigenvalue weighted by Crippen LogP contribution is 2.04. The average molecular weight is 124 g/mol. The summed E-state index contributed by atoms with van der Waals surface area (Å²) < 4.78 is 5.28. The fourth-order valence-corrected chi connectivity index (χ4v) is 0.754. The molecule has 1 aliphatic rings. The molecule has 0 aliphatic carbocycles. The molecule has 50 valence electrons. The Morgan fingerprint density at radius 2 is 1.56 bits per heavy atom. The summed E-state index contributed by atoms with van der Waals surface area (Å²) in [6.07, 6.45) is 4.23. The van der Waals surface area contributed by atoms with Crippen molar-refractivity contribution >= 4 is 0 Å². The quantitative estimate of drug-likeness (QED) is 0.479. The minimum atomic E-state index is 0.786. The first-order valence-corrected chi connectivity index (χ1v) is 3.20. The van der Waals surface area contributed by atoms with Gasteiger partial charge in [-0.2, -0.15) is 0 Å². The van der Waals surface area contributed by atoms with Crippen LogP contribution in [0.3, 0.4) is 0 Å². The molecule has 0 N–H and O–H groups in total. The third-order valence-electron chi connectivity index (χ3n) is 1.31. The third-order valence-corrected chi connectivity index (χ3v) is 1.31. The van der Waals surface area contributed by atoms with Gasteiger partial charge in [-0.1, -0.05) is 12.2 Å². The number of ether oxygens (including phenoxy) is 1. The van der Waals surface area contributed by atoms with Crippen LogP contribution in [0.4, 0.5) is 0 Å². The van der Waals surface area contributed by atoms with E-state index >= 15 is 0 Å². The van der Waals surface area contributed by atoms with Gasteiger partial charge in [0.1, 0.15) is 0 Å². The molecule has 0 radical (unpaired) electrons. The maximum absolute atomic E-state index is 5.28. The van der Waals surface area contributed by atoms with Gasteiger partial charge in [-0.3, -0.25) is 0 Å². The first-order valence-electron chi connectivity index (χ1n) is 3.20. The lowest BCUT2D eigenvalue weighted by Gasteiger charge is -1.98. The van der Waals surface area contributed by atoms with Crippen molar-refractivity contribution < 1.29 is 4.74 Å². The number of rotatable bonds is 0. The van der Waals surface area contributed by atoms with Crippen molar-refractivity contribution in [2.24, 2.45) is 0 Å². The fraction of sp³-hybridized carbons (Fsp3) is 0.500. The smallest absolute Gasteiger partial charge is 0.0681 e. The Labute approximate surface area is 56.0 Å². The van der Waals surface area contributed by atoms with Gasteiger partial charge in [-0.25, -0.2) is 0 Å². The molecule has 9 heavy (non-hydrogen) atoms. The Morgan fingerprint density at radius 3 is 2.00 bits per heavy atom. The maximum Gasteiger partial charge on any atom is 0.0681 e. The van der Waals surface area contributed by atoms with Gasteiger partial charge >= 0.3 is 0 Å². The second kappa shape index (κ2) is 2.83. The first-order chi connectivity index (χ1) is 4.29. The van der Waals surface area contributed by atoms with E-state index in [-0.39, 0.29) is 0 Å². The lowest BCUT2D eigenvalue weighted by Crippen LogP contribution is -1.95. The monoisotopic (exact) mass is 124 g/mol. The summed E-state index contributed by atoms with van der Waals surface area (Å²) in [6, 6.07) is 0. The molecule has 1 heteroatoms. The van der Waals surface area contributed by atoms with Crippen LogP contribution in [0.25, 0.3) is 0 Å². The van der Waals surface area contributed by atoms with Gasteiger partial charge < -0.3 is 4.74 Å². The van der Waals surface area contributed by atoms with Crippen LogP contribution in [0.2, 0.25) is 0 Å². The fourth-order valence-electron chi connectivity index (χ4n) is 0.754. The van der Waals surface area contributed by atoms with Crippen molar-refractivity contribution in [1.29, 1.82) is 0 Å². The lowest BCUT2D eigenvalue weighted by molar-refractivity contribution is 0.182. The SMILES string of the molecule is CC1=CC=C(C)COC1. The molecule has 0 bridgehead atoms. The van der Waals surface area contributed by atoms with Gasteiger partial charge in [0.25, 0.3) is 0 Å². The zero-order valence-electron chi connectivity index (χ0n) is 5.98. The molecule has 1 heterocycles. The van der Waals surface area contributed by atoms with Crippen LogP contribution in [-0.4, -0.2) is 13.2 Å². The molecular formula is C8H12O. The molecule has 0 saturated carbocycles. The largest absolute Gasteiger partial charge is 0.373 e. The van der Waals surface area contributed by atoms with Gasteiger partial charge in [-0.15, -0.1) is 0 Å². The molecule has 0 aromatic heterocycles. The van der Waals surface area contributed by atoms with E-state index in [0.29, 0.717) is 0 Å². The molecule has 0 aromatic rings. The topological polar surface area (TPSA) is 9.23 Å². The van der Waals surface area contributed by atoms with Crippen LogP contribution in [0.15, 0.2) is 23.3 Å². The summed E-state index contributed by atoms with van der Waals surface area (Å²) in [4.78, 5) is 0. The predicted molar refractivity (Wildman–Crippen MR) is 38.3 cm³/mol.